The first-order valence-electron chi connectivity index (χ1n) is 10.9. The van der Waals surface area contributed by atoms with E-state index in [0.717, 1.165) is 6.42 Å². The number of carbonyl (C=O) groups excluding carboxylic acids is 1. The van der Waals surface area contributed by atoms with Gasteiger partial charge in [-0.25, -0.2) is 8.42 Å². The molecule has 0 aromatic heterocycles. The number of benzene rings is 2. The van der Waals surface area contributed by atoms with Gasteiger partial charge in [0.25, 0.3) is 5.91 Å². The summed E-state index contributed by atoms with van der Waals surface area (Å²) < 4.78 is 32.9. The average molecular weight is 491 g/mol. The number of hydrogen-bond donors (Lipinski definition) is 2. The van der Waals surface area contributed by atoms with E-state index in [4.69, 9.17) is 17.0 Å². The second kappa shape index (κ2) is 11.1. The third-order valence-electron chi connectivity index (χ3n) is 5.47. The minimum absolute atomic E-state index is 0.101. The number of amides is 1. The number of ether oxygens (including phenoxy) is 1. The molecule has 2 N–H and O–H groups in total. The second-order valence-corrected chi connectivity index (χ2v) is 10.3. The Labute approximate surface area is 201 Å². The van der Waals surface area contributed by atoms with Crippen molar-refractivity contribution in [3.05, 3.63) is 54.1 Å². The van der Waals surface area contributed by atoms with Crippen LogP contribution in [0.1, 0.15) is 30.6 Å². The van der Waals surface area contributed by atoms with Gasteiger partial charge in [-0.2, -0.15) is 4.31 Å². The van der Waals surface area contributed by atoms with E-state index in [1.54, 1.807) is 36.4 Å². The van der Waals surface area contributed by atoms with Gasteiger partial charge in [0.15, 0.2) is 5.11 Å². The van der Waals surface area contributed by atoms with E-state index < -0.39 is 10.0 Å². The Morgan fingerprint density at radius 3 is 2.24 bits per heavy atom. The summed E-state index contributed by atoms with van der Waals surface area (Å²) in [5, 5.41) is 5.66. The number of carbonyl (C=O) groups is 1. The number of hydrogen-bond acceptors (Lipinski definition) is 6. The minimum Gasteiger partial charge on any atom is -0.491 e. The van der Waals surface area contributed by atoms with Crippen LogP contribution in [-0.4, -0.2) is 68.0 Å². The van der Waals surface area contributed by atoms with Crippen molar-refractivity contribution in [2.75, 3.05) is 38.5 Å². The second-order valence-electron chi connectivity index (χ2n) is 8.00. The van der Waals surface area contributed by atoms with Gasteiger partial charge in [0.1, 0.15) is 5.75 Å². The topological polar surface area (TPSA) is 91.0 Å². The Morgan fingerprint density at radius 1 is 1.06 bits per heavy atom. The molecule has 2 aromatic carbocycles. The molecule has 1 saturated heterocycles. The fourth-order valence-electron chi connectivity index (χ4n) is 3.23. The van der Waals surface area contributed by atoms with Crippen molar-refractivity contribution in [3.8, 4) is 5.75 Å². The SMILES string of the molecule is CCC(C)Oc1ccc(C(=O)NC(=S)Nc2ccc(S(=O)(=O)N3CCN(C)CC3)cc2)cc1. The lowest BCUT2D eigenvalue weighted by Gasteiger charge is -2.31. The summed E-state index contributed by atoms with van der Waals surface area (Å²) in [5.41, 5.74) is 1.03. The zero-order valence-electron chi connectivity index (χ0n) is 19.1. The summed E-state index contributed by atoms with van der Waals surface area (Å²) in [7, 11) is -1.56. The first-order chi connectivity index (χ1) is 15.7. The van der Waals surface area contributed by atoms with Gasteiger partial charge in [0.2, 0.25) is 10.0 Å². The third kappa shape index (κ3) is 6.73. The highest BCUT2D eigenvalue weighted by Crippen LogP contribution is 2.20. The number of thiocarbonyl (C=S) groups is 1. The summed E-state index contributed by atoms with van der Waals surface area (Å²) >= 11 is 5.23. The van der Waals surface area contributed by atoms with Crippen molar-refractivity contribution >= 4 is 38.9 Å². The van der Waals surface area contributed by atoms with Gasteiger partial charge in [0, 0.05) is 37.4 Å². The van der Waals surface area contributed by atoms with Gasteiger partial charge in [-0.15, -0.1) is 0 Å². The predicted molar refractivity (Wildman–Crippen MR) is 133 cm³/mol. The number of likely N-dealkylation sites (N-methyl/N-ethyl adjacent to an activating group) is 1. The number of rotatable bonds is 7. The first-order valence-corrected chi connectivity index (χ1v) is 12.7. The molecule has 0 aliphatic carbocycles. The summed E-state index contributed by atoms with van der Waals surface area (Å²) in [5.74, 6) is 0.352. The van der Waals surface area contributed by atoms with Crippen LogP contribution < -0.4 is 15.4 Å². The van der Waals surface area contributed by atoms with Crippen LogP contribution in [0.2, 0.25) is 0 Å². The van der Waals surface area contributed by atoms with Crippen LogP contribution in [0.25, 0.3) is 0 Å². The molecule has 1 aliphatic heterocycles. The maximum absolute atomic E-state index is 12.8. The number of nitrogens with one attached hydrogen (secondary N) is 2. The summed E-state index contributed by atoms with van der Waals surface area (Å²) in [6, 6.07) is 13.2. The monoisotopic (exact) mass is 490 g/mol. The highest BCUT2D eigenvalue weighted by molar-refractivity contribution is 7.89. The Balaban J connectivity index is 1.55. The van der Waals surface area contributed by atoms with Crippen LogP contribution in [-0.2, 0) is 10.0 Å². The van der Waals surface area contributed by atoms with Crippen LogP contribution in [0.15, 0.2) is 53.4 Å². The van der Waals surface area contributed by atoms with Crippen molar-refractivity contribution in [2.24, 2.45) is 0 Å². The summed E-state index contributed by atoms with van der Waals surface area (Å²) in [4.78, 5) is 14.8. The largest absolute Gasteiger partial charge is 0.491 e. The lowest BCUT2D eigenvalue weighted by Crippen LogP contribution is -2.46. The molecule has 1 aliphatic rings. The lowest BCUT2D eigenvalue weighted by atomic mass is 10.2. The molecular formula is C23H30N4O4S2. The van der Waals surface area contributed by atoms with Crippen molar-refractivity contribution in [3.63, 3.8) is 0 Å². The van der Waals surface area contributed by atoms with E-state index in [1.807, 2.05) is 20.9 Å². The van der Waals surface area contributed by atoms with Gasteiger partial charge in [-0.05, 0) is 81.1 Å². The van der Waals surface area contributed by atoms with E-state index in [1.165, 1.54) is 16.4 Å². The fourth-order valence-corrected chi connectivity index (χ4v) is 4.86. The van der Waals surface area contributed by atoms with Gasteiger partial charge in [-0.3, -0.25) is 10.1 Å². The summed E-state index contributed by atoms with van der Waals surface area (Å²) in [6.07, 6.45) is 0.995. The van der Waals surface area contributed by atoms with Crippen LogP contribution in [0, 0.1) is 0 Å². The molecule has 1 heterocycles. The van der Waals surface area contributed by atoms with E-state index in [0.29, 0.717) is 43.2 Å². The zero-order valence-corrected chi connectivity index (χ0v) is 20.7. The van der Waals surface area contributed by atoms with Crippen molar-refractivity contribution in [1.29, 1.82) is 0 Å². The Kier molecular flexibility index (Phi) is 8.41. The molecule has 8 nitrogen and oxygen atoms in total. The average Bonchev–Trinajstić information content (AvgIpc) is 2.80. The molecule has 0 saturated carbocycles. The lowest BCUT2D eigenvalue weighted by molar-refractivity contribution is 0.0977. The normalized spacial score (nSPS) is 16.1. The molecule has 3 rings (SSSR count). The number of piperazine rings is 1. The molecule has 1 atom stereocenters. The molecule has 0 bridgehead atoms. The minimum atomic E-state index is -3.53. The molecule has 0 spiro atoms. The van der Waals surface area contributed by atoms with E-state index in [2.05, 4.69) is 15.5 Å². The van der Waals surface area contributed by atoms with Gasteiger partial charge in [0.05, 0.1) is 11.0 Å². The maximum Gasteiger partial charge on any atom is 0.257 e. The Hall–Kier alpha value is -2.53. The van der Waals surface area contributed by atoms with E-state index >= 15 is 0 Å². The van der Waals surface area contributed by atoms with Gasteiger partial charge in [-0.1, -0.05) is 6.92 Å². The molecule has 1 fully saturated rings. The highest BCUT2D eigenvalue weighted by atomic mass is 32.2. The van der Waals surface area contributed by atoms with Crippen LogP contribution >= 0.6 is 12.2 Å². The van der Waals surface area contributed by atoms with Crippen LogP contribution in [0.4, 0.5) is 5.69 Å². The summed E-state index contributed by atoms with van der Waals surface area (Å²) in [6.45, 7) is 6.39. The van der Waals surface area contributed by atoms with E-state index in [9.17, 15) is 13.2 Å². The number of nitrogens with zero attached hydrogens (tertiary/aromatic N) is 2. The third-order valence-corrected chi connectivity index (χ3v) is 7.58. The molecule has 2 aromatic rings. The quantitative estimate of drug-likeness (QED) is 0.577. The van der Waals surface area contributed by atoms with Crippen LogP contribution in [0.3, 0.4) is 0 Å². The molecule has 1 unspecified atom stereocenters. The highest BCUT2D eigenvalue weighted by Gasteiger charge is 2.27. The zero-order chi connectivity index (χ0) is 24.0. The Bertz CT molecular complexity index is 1060. The Morgan fingerprint density at radius 2 is 1.67 bits per heavy atom. The van der Waals surface area contributed by atoms with E-state index in [-0.39, 0.29) is 22.0 Å². The van der Waals surface area contributed by atoms with Crippen LogP contribution in [0.5, 0.6) is 5.75 Å². The molecule has 10 heteroatoms. The van der Waals surface area contributed by atoms with Crippen molar-refractivity contribution in [1.82, 2.24) is 14.5 Å². The van der Waals surface area contributed by atoms with Gasteiger partial charge >= 0.3 is 0 Å². The molecule has 1 amide bonds. The standard InChI is InChI=1S/C23H30N4O4S2/c1-4-17(2)31-20-9-5-18(6-10-20)22(28)25-23(32)24-19-7-11-21(12-8-19)33(29,30)27-15-13-26(3)14-16-27/h5-12,17H,4,13-16H2,1-3H3,(H2,24,25,28,32). The predicted octanol–water partition coefficient (Wildman–Crippen LogP) is 2.93. The smallest absolute Gasteiger partial charge is 0.257 e. The molecule has 0 radical (unpaired) electrons. The number of sulfonamides is 1. The number of anilines is 1. The first kappa shape index (κ1) is 25.1. The van der Waals surface area contributed by atoms with Gasteiger partial charge < -0.3 is 15.0 Å². The molecule has 178 valence electrons. The van der Waals surface area contributed by atoms with Crippen molar-refractivity contribution < 1.29 is 17.9 Å². The van der Waals surface area contributed by atoms with Crippen molar-refractivity contribution in [2.45, 2.75) is 31.3 Å². The fraction of sp³-hybridized carbons (Fsp3) is 0.391. The maximum atomic E-state index is 12.8. The molecule has 33 heavy (non-hydrogen) atoms. The molecular weight excluding hydrogens is 460 g/mol.